The number of carboxylic acid groups (broad SMARTS) is 1. The van der Waals surface area contributed by atoms with Crippen LogP contribution >= 0.6 is 0 Å². The first-order chi connectivity index (χ1) is 14.9. The third-order valence-electron chi connectivity index (χ3n) is 5.75. The first kappa shape index (κ1) is 20.8. The lowest BCUT2D eigenvalue weighted by Gasteiger charge is -2.44. The number of nitrogens with one attached hydrogen (secondary N) is 1. The highest BCUT2D eigenvalue weighted by atomic mass is 16.4. The molecule has 1 saturated heterocycles. The maximum atomic E-state index is 11.1. The summed E-state index contributed by atoms with van der Waals surface area (Å²) in [6.07, 6.45) is 0.606. The summed E-state index contributed by atoms with van der Waals surface area (Å²) in [6.45, 7) is 5.50. The lowest BCUT2D eigenvalue weighted by Crippen LogP contribution is -2.57. The van der Waals surface area contributed by atoms with E-state index >= 15 is 0 Å². The topological polar surface area (TPSA) is 118 Å². The van der Waals surface area contributed by atoms with E-state index in [0.717, 1.165) is 22.4 Å². The number of anilines is 1. The molecule has 2 atom stereocenters. The summed E-state index contributed by atoms with van der Waals surface area (Å²) in [5, 5.41) is 33.9. The number of H-pyrrole nitrogens is 1. The monoisotopic (exact) mass is 422 g/mol. The van der Waals surface area contributed by atoms with Crippen molar-refractivity contribution in [2.45, 2.75) is 32.4 Å². The molecule has 3 aromatic rings. The molecule has 0 aliphatic carbocycles. The van der Waals surface area contributed by atoms with Crippen LogP contribution in [0.15, 0.2) is 42.5 Å². The minimum Gasteiger partial charge on any atom is -0.508 e. The summed E-state index contributed by atoms with van der Waals surface area (Å²) < 4.78 is 0. The molecule has 9 nitrogen and oxygen atoms in total. The van der Waals surface area contributed by atoms with E-state index in [2.05, 4.69) is 38.5 Å². The summed E-state index contributed by atoms with van der Waals surface area (Å²) in [5.74, 6) is -0.0715. The number of aromatic nitrogens is 4. The molecule has 0 saturated carbocycles. The van der Waals surface area contributed by atoms with Crippen LogP contribution in [-0.4, -0.2) is 73.4 Å². The Labute approximate surface area is 180 Å². The van der Waals surface area contributed by atoms with Gasteiger partial charge in [0.05, 0.1) is 6.54 Å². The molecule has 0 unspecified atom stereocenters. The lowest BCUT2D eigenvalue weighted by atomic mass is 9.98. The number of carbonyl (C=O) groups is 1. The van der Waals surface area contributed by atoms with Gasteiger partial charge in [-0.2, -0.15) is 5.21 Å². The minimum absolute atomic E-state index is 0.0392. The number of phenolic OH excluding ortho intramolecular Hbond substituents is 1. The van der Waals surface area contributed by atoms with Gasteiger partial charge in [0.15, 0.2) is 0 Å². The average Bonchev–Trinajstić information content (AvgIpc) is 3.25. The van der Waals surface area contributed by atoms with E-state index in [1.54, 1.807) is 12.1 Å². The van der Waals surface area contributed by atoms with Gasteiger partial charge in [0.2, 0.25) is 5.82 Å². The fraction of sp³-hybridized carbons (Fsp3) is 0.364. The Kier molecular flexibility index (Phi) is 5.85. The zero-order valence-electron chi connectivity index (χ0n) is 17.6. The lowest BCUT2D eigenvalue weighted by molar-refractivity contribution is -0.139. The van der Waals surface area contributed by atoms with Gasteiger partial charge in [-0.1, -0.05) is 24.3 Å². The predicted octanol–water partition coefficient (Wildman–Crippen LogP) is 2.15. The molecule has 9 heteroatoms. The van der Waals surface area contributed by atoms with E-state index in [0.29, 0.717) is 25.3 Å². The van der Waals surface area contributed by atoms with Crippen molar-refractivity contribution in [3.05, 3.63) is 53.6 Å². The molecule has 1 aromatic heterocycles. The molecule has 0 spiro atoms. The predicted molar refractivity (Wildman–Crippen MR) is 116 cm³/mol. The van der Waals surface area contributed by atoms with Crippen molar-refractivity contribution in [1.29, 1.82) is 0 Å². The van der Waals surface area contributed by atoms with Crippen LogP contribution < -0.4 is 4.90 Å². The summed E-state index contributed by atoms with van der Waals surface area (Å²) in [6, 6.07) is 13.7. The molecule has 0 bridgehead atoms. The molecular formula is C22H26N6O3. The largest absolute Gasteiger partial charge is 0.508 e. The van der Waals surface area contributed by atoms with Gasteiger partial charge in [-0.05, 0) is 48.7 Å². The number of rotatable bonds is 6. The number of tetrazole rings is 1. The van der Waals surface area contributed by atoms with Gasteiger partial charge in [0.1, 0.15) is 5.75 Å². The van der Waals surface area contributed by atoms with Crippen molar-refractivity contribution in [2.24, 2.45) is 0 Å². The number of carboxylic acids is 1. The molecule has 0 amide bonds. The van der Waals surface area contributed by atoms with Gasteiger partial charge in [-0.25, -0.2) is 0 Å². The van der Waals surface area contributed by atoms with Gasteiger partial charge < -0.3 is 15.1 Å². The summed E-state index contributed by atoms with van der Waals surface area (Å²) >= 11 is 0. The SMILES string of the molecule is C[C@@H]1CN(c2cc(O)cc(Cc3ccccc3-c3nn[nH]n3)c2)[C@@H](C)CN1CC(=O)O. The molecular weight excluding hydrogens is 396 g/mol. The average molecular weight is 422 g/mol. The van der Waals surface area contributed by atoms with Crippen LogP contribution in [0.25, 0.3) is 11.4 Å². The summed E-state index contributed by atoms with van der Waals surface area (Å²) in [5.41, 5.74) is 3.83. The van der Waals surface area contributed by atoms with Gasteiger partial charge in [-0.15, -0.1) is 10.2 Å². The maximum absolute atomic E-state index is 11.1. The highest BCUT2D eigenvalue weighted by molar-refractivity contribution is 5.69. The Hall–Kier alpha value is -3.46. The second-order valence-electron chi connectivity index (χ2n) is 8.10. The standard InChI is InChI=1S/C22H26N6O3/c1-14-12-28(15(2)11-27(14)13-21(30)31)18-8-16(9-19(29)10-18)7-17-5-3-4-6-20(17)22-23-25-26-24-22/h3-6,8-10,14-15,29H,7,11-13H2,1-2H3,(H,30,31)(H,23,24,25,26)/t14-,15+/m1/s1. The molecule has 3 N–H and O–H groups in total. The van der Waals surface area contributed by atoms with E-state index in [9.17, 15) is 9.90 Å². The van der Waals surface area contributed by atoms with Crippen LogP contribution in [0.2, 0.25) is 0 Å². The zero-order valence-corrected chi connectivity index (χ0v) is 17.6. The number of aliphatic carboxylic acids is 1. The van der Waals surface area contributed by atoms with E-state index < -0.39 is 5.97 Å². The third-order valence-corrected chi connectivity index (χ3v) is 5.75. The smallest absolute Gasteiger partial charge is 0.317 e. The maximum Gasteiger partial charge on any atom is 0.317 e. The summed E-state index contributed by atoms with van der Waals surface area (Å²) in [7, 11) is 0. The van der Waals surface area contributed by atoms with Crippen molar-refractivity contribution >= 4 is 11.7 Å². The van der Waals surface area contributed by atoms with Crippen molar-refractivity contribution < 1.29 is 15.0 Å². The Morgan fingerprint density at radius 3 is 2.71 bits per heavy atom. The van der Waals surface area contributed by atoms with Crippen molar-refractivity contribution in [1.82, 2.24) is 25.5 Å². The highest BCUT2D eigenvalue weighted by Crippen LogP contribution is 2.30. The van der Waals surface area contributed by atoms with Gasteiger partial charge in [0, 0.05) is 42.5 Å². The van der Waals surface area contributed by atoms with E-state index in [1.807, 2.05) is 36.1 Å². The van der Waals surface area contributed by atoms with Crippen LogP contribution in [0.1, 0.15) is 25.0 Å². The quantitative estimate of drug-likeness (QED) is 0.553. The number of aromatic amines is 1. The van der Waals surface area contributed by atoms with E-state index in [1.165, 1.54) is 0 Å². The number of aromatic hydroxyl groups is 1. The molecule has 162 valence electrons. The van der Waals surface area contributed by atoms with Crippen LogP contribution in [0, 0.1) is 0 Å². The fourth-order valence-corrected chi connectivity index (χ4v) is 4.26. The molecule has 1 aliphatic heterocycles. The number of phenols is 1. The van der Waals surface area contributed by atoms with Crippen molar-refractivity contribution in [3.8, 4) is 17.1 Å². The van der Waals surface area contributed by atoms with Crippen LogP contribution in [0.4, 0.5) is 5.69 Å². The zero-order chi connectivity index (χ0) is 22.0. The number of piperazine rings is 1. The van der Waals surface area contributed by atoms with Crippen LogP contribution in [0.3, 0.4) is 0 Å². The molecule has 1 aliphatic rings. The van der Waals surface area contributed by atoms with Gasteiger partial charge in [-0.3, -0.25) is 9.69 Å². The molecule has 4 rings (SSSR count). The highest BCUT2D eigenvalue weighted by Gasteiger charge is 2.30. The Balaban J connectivity index is 1.58. The molecule has 31 heavy (non-hydrogen) atoms. The van der Waals surface area contributed by atoms with Crippen LogP contribution in [0.5, 0.6) is 5.75 Å². The minimum atomic E-state index is -0.813. The molecule has 2 aromatic carbocycles. The van der Waals surface area contributed by atoms with Crippen LogP contribution in [-0.2, 0) is 11.2 Å². The summed E-state index contributed by atoms with van der Waals surface area (Å²) in [4.78, 5) is 15.4. The second kappa shape index (κ2) is 8.73. The van der Waals surface area contributed by atoms with Crippen molar-refractivity contribution in [2.75, 3.05) is 24.5 Å². The molecule has 0 radical (unpaired) electrons. The van der Waals surface area contributed by atoms with Gasteiger partial charge in [0.25, 0.3) is 0 Å². The number of benzene rings is 2. The fourth-order valence-electron chi connectivity index (χ4n) is 4.26. The first-order valence-electron chi connectivity index (χ1n) is 10.3. The second-order valence-corrected chi connectivity index (χ2v) is 8.10. The molecule has 1 fully saturated rings. The van der Waals surface area contributed by atoms with E-state index in [-0.39, 0.29) is 24.4 Å². The van der Waals surface area contributed by atoms with Gasteiger partial charge >= 0.3 is 5.97 Å². The number of nitrogens with zero attached hydrogens (tertiary/aromatic N) is 5. The third kappa shape index (κ3) is 4.66. The van der Waals surface area contributed by atoms with Crippen molar-refractivity contribution in [3.63, 3.8) is 0 Å². The molecule has 2 heterocycles. The first-order valence-corrected chi connectivity index (χ1v) is 10.3. The number of hydrogen-bond donors (Lipinski definition) is 3. The normalized spacial score (nSPS) is 19.5. The Morgan fingerprint density at radius 1 is 1.16 bits per heavy atom. The van der Waals surface area contributed by atoms with E-state index in [4.69, 9.17) is 5.11 Å². The number of hydrogen-bond acceptors (Lipinski definition) is 7. The Morgan fingerprint density at radius 2 is 1.97 bits per heavy atom. The Bertz CT molecular complexity index is 1060.